The molecule has 2 atom stereocenters. The van der Waals surface area contributed by atoms with Gasteiger partial charge in [0.15, 0.2) is 0 Å². The van der Waals surface area contributed by atoms with Crippen LogP contribution in [0.25, 0.3) is 0 Å². The van der Waals surface area contributed by atoms with Crippen LogP contribution in [0.5, 0.6) is 0 Å². The van der Waals surface area contributed by atoms with Crippen LogP contribution in [-0.4, -0.2) is 34.6 Å². The Bertz CT molecular complexity index is 365. The van der Waals surface area contributed by atoms with Gasteiger partial charge in [-0.25, -0.2) is 0 Å². The molecule has 0 amide bonds. The first-order valence-electron chi connectivity index (χ1n) is 11.0. The van der Waals surface area contributed by atoms with Crippen LogP contribution < -0.4 is 6.15 Å². The normalized spacial score (nSPS) is 22.8. The molecule has 1 heterocycles. The Labute approximate surface area is 162 Å². The number of unbranched alkanes of at least 4 members (excludes halogenated alkanes) is 4. The lowest BCUT2D eigenvalue weighted by Crippen LogP contribution is -2.61. The number of aliphatic carboxylic acids is 1. The van der Waals surface area contributed by atoms with E-state index in [1.54, 1.807) is 0 Å². The molecule has 1 fully saturated rings. The lowest BCUT2D eigenvalue weighted by Gasteiger charge is -2.55. The molecule has 1 aliphatic heterocycles. The van der Waals surface area contributed by atoms with Gasteiger partial charge in [0.05, 0.1) is 5.92 Å². The van der Waals surface area contributed by atoms with Crippen molar-refractivity contribution in [2.75, 3.05) is 13.1 Å². The molecule has 1 saturated heterocycles. The molecule has 4 heteroatoms. The lowest BCUT2D eigenvalue weighted by atomic mass is 9.64. The molecular formula is C22H46N2O2. The summed E-state index contributed by atoms with van der Waals surface area (Å²) in [6, 6.07) is 0. The Morgan fingerprint density at radius 2 is 1.50 bits per heavy atom. The SMILES string of the molecule is CCCCC1C(C(=O)O)CCN(CCCC)C1(CCCC)CCCC.N. The second-order valence-corrected chi connectivity index (χ2v) is 8.13. The van der Waals surface area contributed by atoms with Crippen molar-refractivity contribution in [1.82, 2.24) is 11.1 Å². The second kappa shape index (κ2) is 13.5. The largest absolute Gasteiger partial charge is 0.481 e. The molecule has 0 spiro atoms. The molecule has 156 valence electrons. The summed E-state index contributed by atoms with van der Waals surface area (Å²) in [5.74, 6) is -0.361. The highest BCUT2D eigenvalue weighted by molar-refractivity contribution is 5.70. The smallest absolute Gasteiger partial charge is 0.306 e. The zero-order valence-corrected chi connectivity index (χ0v) is 18.1. The quantitative estimate of drug-likeness (QED) is 0.400. The van der Waals surface area contributed by atoms with E-state index in [1.165, 1.54) is 51.4 Å². The number of carboxylic acids is 1. The molecule has 2 unspecified atom stereocenters. The third-order valence-electron chi connectivity index (χ3n) is 6.41. The minimum atomic E-state index is -0.548. The van der Waals surface area contributed by atoms with Gasteiger partial charge in [-0.2, -0.15) is 0 Å². The maximum absolute atomic E-state index is 12.1. The Morgan fingerprint density at radius 1 is 0.962 bits per heavy atom. The van der Waals surface area contributed by atoms with Crippen LogP contribution in [0.1, 0.15) is 105 Å². The van der Waals surface area contributed by atoms with Crippen molar-refractivity contribution in [3.63, 3.8) is 0 Å². The summed E-state index contributed by atoms with van der Waals surface area (Å²) in [4.78, 5) is 14.8. The fourth-order valence-electron chi connectivity index (χ4n) is 4.98. The summed E-state index contributed by atoms with van der Waals surface area (Å²) in [6.45, 7) is 11.2. The standard InChI is InChI=1S/C22H43NO2.H3N/c1-5-9-13-20-19(21(24)25)14-18-23(17-12-8-4)22(20,15-10-6-2)16-11-7-3;/h19-20H,5-18H2,1-4H3,(H,24,25);1H3. The van der Waals surface area contributed by atoms with Crippen molar-refractivity contribution in [3.8, 4) is 0 Å². The highest BCUT2D eigenvalue weighted by Crippen LogP contribution is 2.47. The highest BCUT2D eigenvalue weighted by Gasteiger charge is 2.50. The maximum Gasteiger partial charge on any atom is 0.306 e. The molecule has 0 aromatic heterocycles. The maximum atomic E-state index is 12.1. The summed E-state index contributed by atoms with van der Waals surface area (Å²) < 4.78 is 0. The average molecular weight is 371 g/mol. The van der Waals surface area contributed by atoms with Gasteiger partial charge >= 0.3 is 5.97 Å². The Kier molecular flexibility index (Phi) is 13.2. The zero-order chi connectivity index (χ0) is 18.7. The van der Waals surface area contributed by atoms with E-state index in [-0.39, 0.29) is 17.6 Å². The molecule has 4 N–H and O–H groups in total. The molecule has 1 aliphatic rings. The zero-order valence-electron chi connectivity index (χ0n) is 18.1. The van der Waals surface area contributed by atoms with Crippen molar-refractivity contribution in [1.29, 1.82) is 0 Å². The number of nitrogens with zero attached hydrogens (tertiary/aromatic N) is 1. The monoisotopic (exact) mass is 370 g/mol. The predicted molar refractivity (Wildman–Crippen MR) is 112 cm³/mol. The molecule has 0 saturated carbocycles. The molecule has 0 radical (unpaired) electrons. The summed E-state index contributed by atoms with van der Waals surface area (Å²) in [7, 11) is 0. The van der Waals surface area contributed by atoms with Gasteiger partial charge in [0, 0.05) is 5.54 Å². The molecule has 0 aliphatic carbocycles. The topological polar surface area (TPSA) is 75.5 Å². The first kappa shape index (κ1) is 25.4. The molecule has 0 aromatic rings. The van der Waals surface area contributed by atoms with Gasteiger partial charge in [-0.05, 0) is 51.1 Å². The lowest BCUT2D eigenvalue weighted by molar-refractivity contribution is -0.153. The predicted octanol–water partition coefficient (Wildman–Crippen LogP) is 6.28. The molecule has 0 bridgehead atoms. The van der Waals surface area contributed by atoms with E-state index < -0.39 is 5.97 Å². The van der Waals surface area contributed by atoms with Crippen LogP contribution in [0.15, 0.2) is 0 Å². The molecule has 0 aromatic carbocycles. The molecule has 26 heavy (non-hydrogen) atoms. The van der Waals surface area contributed by atoms with Crippen LogP contribution >= 0.6 is 0 Å². The number of hydrogen-bond donors (Lipinski definition) is 2. The van der Waals surface area contributed by atoms with E-state index in [0.29, 0.717) is 5.92 Å². The third-order valence-corrected chi connectivity index (χ3v) is 6.41. The van der Waals surface area contributed by atoms with Crippen molar-refractivity contribution in [2.24, 2.45) is 11.8 Å². The minimum Gasteiger partial charge on any atom is -0.481 e. The first-order chi connectivity index (χ1) is 12.1. The van der Waals surface area contributed by atoms with E-state index in [1.807, 2.05) is 0 Å². The number of carbonyl (C=O) groups is 1. The average Bonchev–Trinajstić information content (AvgIpc) is 2.61. The summed E-state index contributed by atoms with van der Waals surface area (Å²) in [5, 5.41) is 9.93. The van der Waals surface area contributed by atoms with E-state index in [4.69, 9.17) is 0 Å². The summed E-state index contributed by atoms with van der Waals surface area (Å²) in [6.07, 6.45) is 13.9. The Morgan fingerprint density at radius 3 is 1.96 bits per heavy atom. The van der Waals surface area contributed by atoms with Gasteiger partial charge in [-0.15, -0.1) is 0 Å². The van der Waals surface area contributed by atoms with Crippen LogP contribution in [0.2, 0.25) is 0 Å². The van der Waals surface area contributed by atoms with Crippen LogP contribution in [0, 0.1) is 11.8 Å². The fraction of sp³-hybridized carbons (Fsp3) is 0.955. The number of carboxylic acid groups (broad SMARTS) is 1. The van der Waals surface area contributed by atoms with Gasteiger partial charge in [0.25, 0.3) is 0 Å². The number of piperidine rings is 1. The Hall–Kier alpha value is -0.610. The number of hydrogen-bond acceptors (Lipinski definition) is 3. The first-order valence-corrected chi connectivity index (χ1v) is 11.0. The van der Waals surface area contributed by atoms with E-state index in [0.717, 1.165) is 38.8 Å². The van der Waals surface area contributed by atoms with Crippen LogP contribution in [0.3, 0.4) is 0 Å². The van der Waals surface area contributed by atoms with Gasteiger partial charge in [0.1, 0.15) is 0 Å². The molecule has 1 rings (SSSR count). The van der Waals surface area contributed by atoms with Crippen LogP contribution in [-0.2, 0) is 4.79 Å². The van der Waals surface area contributed by atoms with E-state index in [2.05, 4.69) is 32.6 Å². The second-order valence-electron chi connectivity index (χ2n) is 8.13. The number of likely N-dealkylation sites (tertiary alicyclic amines) is 1. The summed E-state index contributed by atoms with van der Waals surface area (Å²) >= 11 is 0. The van der Waals surface area contributed by atoms with Crippen molar-refractivity contribution >= 4 is 5.97 Å². The highest BCUT2D eigenvalue weighted by atomic mass is 16.4. The van der Waals surface area contributed by atoms with E-state index in [9.17, 15) is 9.90 Å². The van der Waals surface area contributed by atoms with E-state index >= 15 is 0 Å². The van der Waals surface area contributed by atoms with Gasteiger partial charge in [-0.1, -0.05) is 72.6 Å². The molecule has 4 nitrogen and oxygen atoms in total. The van der Waals surface area contributed by atoms with Crippen molar-refractivity contribution < 1.29 is 9.90 Å². The third kappa shape index (κ3) is 6.53. The fourth-order valence-corrected chi connectivity index (χ4v) is 4.98. The minimum absolute atomic E-state index is 0. The van der Waals surface area contributed by atoms with Crippen molar-refractivity contribution in [3.05, 3.63) is 0 Å². The number of rotatable bonds is 13. The van der Waals surface area contributed by atoms with Gasteiger partial charge in [-0.3, -0.25) is 9.69 Å². The molecular weight excluding hydrogens is 324 g/mol. The van der Waals surface area contributed by atoms with Crippen LogP contribution in [0.4, 0.5) is 0 Å². The van der Waals surface area contributed by atoms with Gasteiger partial charge in [0.2, 0.25) is 0 Å². The van der Waals surface area contributed by atoms with Gasteiger partial charge < -0.3 is 11.3 Å². The summed E-state index contributed by atoms with van der Waals surface area (Å²) in [5.41, 5.74) is 0.123. The Balaban J connectivity index is 0.00000625. The van der Waals surface area contributed by atoms with Crippen molar-refractivity contribution in [2.45, 2.75) is 110 Å².